The van der Waals surface area contributed by atoms with Crippen molar-refractivity contribution in [3.63, 3.8) is 0 Å². The average molecular weight is 239 g/mol. The van der Waals surface area contributed by atoms with Gasteiger partial charge in [0.15, 0.2) is 0 Å². The molecule has 2 rings (SSSR count). The smallest absolute Gasteiger partial charge is 0.275 e. The molecule has 88 valence electrons. The van der Waals surface area contributed by atoms with E-state index in [1.165, 1.54) is 30.6 Å². The van der Waals surface area contributed by atoms with E-state index in [1.807, 2.05) is 11.4 Å². The molecule has 1 aliphatic rings. The minimum atomic E-state index is -0.188. The Labute approximate surface area is 99.4 Å². The molecule has 4 nitrogen and oxygen atoms in total. The van der Waals surface area contributed by atoms with Gasteiger partial charge in [0.25, 0.3) is 5.91 Å². The van der Waals surface area contributed by atoms with Crippen LogP contribution in [0.3, 0.4) is 0 Å². The summed E-state index contributed by atoms with van der Waals surface area (Å²) in [6, 6.07) is 2.69. The topological polar surface area (TPSA) is 58.4 Å². The molecule has 0 atom stereocenters. The van der Waals surface area contributed by atoms with Crippen molar-refractivity contribution in [1.29, 1.82) is 0 Å². The highest BCUT2D eigenvalue weighted by Gasteiger charge is 2.23. The summed E-state index contributed by atoms with van der Waals surface area (Å²) in [6.07, 6.45) is 3.88. The number of nitrogens with one attached hydrogen (secondary N) is 1. The standard InChI is InChI=1S/C11H17N3OS/c1-14(9-3-2-4-9)7-8-5-6-16-10(8)11(15)13-12/h5-6,9H,2-4,7,12H2,1H3,(H,13,15). The third kappa shape index (κ3) is 2.26. The number of rotatable bonds is 4. The van der Waals surface area contributed by atoms with Gasteiger partial charge in [0.1, 0.15) is 0 Å². The summed E-state index contributed by atoms with van der Waals surface area (Å²) >= 11 is 1.44. The first kappa shape index (κ1) is 11.6. The van der Waals surface area contributed by atoms with Crippen LogP contribution in [0.2, 0.25) is 0 Å². The van der Waals surface area contributed by atoms with Crippen molar-refractivity contribution in [2.75, 3.05) is 7.05 Å². The number of hydrogen-bond donors (Lipinski definition) is 2. The van der Waals surface area contributed by atoms with E-state index in [-0.39, 0.29) is 5.91 Å². The fraction of sp³-hybridized carbons (Fsp3) is 0.545. The number of carbonyl (C=O) groups is 1. The minimum absolute atomic E-state index is 0.188. The van der Waals surface area contributed by atoms with Crippen LogP contribution in [0.5, 0.6) is 0 Å². The first-order chi connectivity index (χ1) is 7.72. The van der Waals surface area contributed by atoms with Crippen LogP contribution < -0.4 is 11.3 Å². The molecular formula is C11H17N3OS. The molecule has 0 aliphatic heterocycles. The van der Waals surface area contributed by atoms with Crippen LogP contribution in [0.25, 0.3) is 0 Å². The summed E-state index contributed by atoms with van der Waals surface area (Å²) in [7, 11) is 2.12. The molecular weight excluding hydrogens is 222 g/mol. The SMILES string of the molecule is CN(Cc1ccsc1C(=O)NN)C1CCC1. The van der Waals surface area contributed by atoms with Gasteiger partial charge in [0.2, 0.25) is 0 Å². The molecule has 0 bridgehead atoms. The highest BCUT2D eigenvalue weighted by Crippen LogP contribution is 2.26. The fourth-order valence-corrected chi connectivity index (χ4v) is 2.77. The summed E-state index contributed by atoms with van der Waals surface area (Å²) in [5, 5.41) is 1.94. The summed E-state index contributed by atoms with van der Waals surface area (Å²) in [5.41, 5.74) is 3.26. The number of nitrogens with zero attached hydrogens (tertiary/aromatic N) is 1. The Morgan fingerprint density at radius 2 is 2.44 bits per heavy atom. The van der Waals surface area contributed by atoms with Gasteiger partial charge in [-0.2, -0.15) is 0 Å². The second-order valence-corrected chi connectivity index (χ2v) is 5.16. The number of hydrogen-bond acceptors (Lipinski definition) is 4. The second-order valence-electron chi connectivity index (χ2n) is 4.25. The molecule has 1 aromatic heterocycles. The Kier molecular flexibility index (Phi) is 3.58. The van der Waals surface area contributed by atoms with Crippen molar-refractivity contribution >= 4 is 17.2 Å². The lowest BCUT2D eigenvalue weighted by Gasteiger charge is -2.34. The number of amides is 1. The van der Waals surface area contributed by atoms with Gasteiger partial charge in [-0.05, 0) is 36.9 Å². The zero-order valence-electron chi connectivity index (χ0n) is 9.40. The van der Waals surface area contributed by atoms with Crippen LogP contribution in [0.4, 0.5) is 0 Å². The second kappa shape index (κ2) is 4.95. The molecule has 1 amide bonds. The average Bonchev–Trinajstić information content (AvgIpc) is 2.62. The molecule has 0 radical (unpaired) electrons. The van der Waals surface area contributed by atoms with E-state index in [1.54, 1.807) is 0 Å². The molecule has 1 heterocycles. The quantitative estimate of drug-likeness (QED) is 0.473. The van der Waals surface area contributed by atoms with Crippen LogP contribution >= 0.6 is 11.3 Å². The van der Waals surface area contributed by atoms with Crippen molar-refractivity contribution in [3.8, 4) is 0 Å². The van der Waals surface area contributed by atoms with Gasteiger partial charge < -0.3 is 0 Å². The Bertz CT molecular complexity index is 373. The van der Waals surface area contributed by atoms with E-state index in [0.717, 1.165) is 17.0 Å². The maximum absolute atomic E-state index is 11.5. The number of nitrogen functional groups attached to an aromatic ring is 1. The predicted octanol–water partition coefficient (Wildman–Crippen LogP) is 1.34. The van der Waals surface area contributed by atoms with Crippen molar-refractivity contribution in [2.45, 2.75) is 31.8 Å². The third-order valence-corrected chi connectivity index (χ3v) is 4.16. The lowest BCUT2D eigenvalue weighted by molar-refractivity contribution is 0.0954. The van der Waals surface area contributed by atoms with E-state index in [2.05, 4.69) is 17.4 Å². The fourth-order valence-electron chi connectivity index (χ4n) is 1.95. The van der Waals surface area contributed by atoms with E-state index in [0.29, 0.717) is 6.04 Å². The Morgan fingerprint density at radius 1 is 1.69 bits per heavy atom. The normalized spacial score (nSPS) is 16.2. The number of nitrogens with two attached hydrogens (primary N) is 1. The molecule has 5 heteroatoms. The van der Waals surface area contributed by atoms with E-state index in [4.69, 9.17) is 5.84 Å². The summed E-state index contributed by atoms with van der Waals surface area (Å²) in [6.45, 7) is 0.830. The van der Waals surface area contributed by atoms with Gasteiger partial charge in [-0.15, -0.1) is 11.3 Å². The largest absolute Gasteiger partial charge is 0.299 e. The van der Waals surface area contributed by atoms with Crippen LogP contribution in [-0.4, -0.2) is 23.9 Å². The van der Waals surface area contributed by atoms with Gasteiger partial charge in [0.05, 0.1) is 4.88 Å². The molecule has 0 unspecified atom stereocenters. The lowest BCUT2D eigenvalue weighted by Crippen LogP contribution is -2.37. The summed E-state index contributed by atoms with van der Waals surface area (Å²) < 4.78 is 0. The maximum atomic E-state index is 11.5. The Balaban J connectivity index is 2.03. The number of carbonyl (C=O) groups excluding carboxylic acids is 1. The molecule has 0 saturated heterocycles. The van der Waals surface area contributed by atoms with Crippen LogP contribution in [0, 0.1) is 0 Å². The maximum Gasteiger partial charge on any atom is 0.275 e. The van der Waals surface area contributed by atoms with E-state index >= 15 is 0 Å². The van der Waals surface area contributed by atoms with E-state index in [9.17, 15) is 4.79 Å². The van der Waals surface area contributed by atoms with Gasteiger partial charge in [-0.1, -0.05) is 6.42 Å². The molecule has 0 spiro atoms. The molecule has 1 saturated carbocycles. The summed E-state index contributed by atoms with van der Waals surface area (Å²) in [4.78, 5) is 14.5. The van der Waals surface area contributed by atoms with Crippen LogP contribution in [-0.2, 0) is 6.54 Å². The van der Waals surface area contributed by atoms with Crippen molar-refractivity contribution in [3.05, 3.63) is 21.9 Å². The third-order valence-electron chi connectivity index (χ3n) is 3.20. The van der Waals surface area contributed by atoms with Crippen LogP contribution in [0.1, 0.15) is 34.5 Å². The van der Waals surface area contributed by atoms with E-state index < -0.39 is 0 Å². The number of hydrazine groups is 1. The highest BCUT2D eigenvalue weighted by molar-refractivity contribution is 7.12. The van der Waals surface area contributed by atoms with Gasteiger partial charge in [-0.3, -0.25) is 15.1 Å². The molecule has 1 aliphatic carbocycles. The predicted molar refractivity (Wildman–Crippen MR) is 65.1 cm³/mol. The zero-order valence-corrected chi connectivity index (χ0v) is 10.2. The molecule has 0 aromatic carbocycles. The lowest BCUT2D eigenvalue weighted by atomic mass is 9.91. The molecule has 3 N–H and O–H groups in total. The first-order valence-corrected chi connectivity index (χ1v) is 6.38. The van der Waals surface area contributed by atoms with Gasteiger partial charge >= 0.3 is 0 Å². The number of thiophene rings is 1. The minimum Gasteiger partial charge on any atom is -0.299 e. The molecule has 1 fully saturated rings. The monoisotopic (exact) mass is 239 g/mol. The van der Waals surface area contributed by atoms with Crippen LogP contribution in [0.15, 0.2) is 11.4 Å². The molecule has 1 aromatic rings. The Morgan fingerprint density at radius 3 is 3.00 bits per heavy atom. The van der Waals surface area contributed by atoms with Crippen molar-refractivity contribution in [2.24, 2.45) is 5.84 Å². The van der Waals surface area contributed by atoms with Gasteiger partial charge in [-0.25, -0.2) is 5.84 Å². The van der Waals surface area contributed by atoms with Gasteiger partial charge in [0, 0.05) is 12.6 Å². The zero-order chi connectivity index (χ0) is 11.5. The Hall–Kier alpha value is -0.910. The first-order valence-electron chi connectivity index (χ1n) is 5.50. The summed E-state index contributed by atoms with van der Waals surface area (Å²) in [5.74, 6) is 4.97. The highest BCUT2D eigenvalue weighted by atomic mass is 32.1. The molecule has 16 heavy (non-hydrogen) atoms. The van der Waals surface area contributed by atoms with Crippen molar-refractivity contribution in [1.82, 2.24) is 10.3 Å². The van der Waals surface area contributed by atoms with Crippen molar-refractivity contribution < 1.29 is 4.79 Å².